The fourth-order valence-corrected chi connectivity index (χ4v) is 3.24. The van der Waals surface area contributed by atoms with E-state index in [1.807, 2.05) is 23.7 Å². The van der Waals surface area contributed by atoms with Crippen molar-refractivity contribution < 1.29 is 5.11 Å². The predicted octanol–water partition coefficient (Wildman–Crippen LogP) is 3.15. The van der Waals surface area contributed by atoms with E-state index in [4.69, 9.17) is 0 Å². The number of nitrogens with zero attached hydrogens (tertiary/aromatic N) is 1. The normalized spacial score (nSPS) is 14.6. The van der Waals surface area contributed by atoms with E-state index >= 15 is 0 Å². The predicted molar refractivity (Wildman–Crippen MR) is 77.2 cm³/mol. The molecular formula is C13H18N2OS2. The van der Waals surface area contributed by atoms with Gasteiger partial charge in [0, 0.05) is 22.5 Å². The first-order valence-corrected chi connectivity index (χ1v) is 7.79. The second-order valence-corrected chi connectivity index (χ2v) is 6.31. The number of aliphatic hydroxyl groups is 1. The monoisotopic (exact) mass is 282 g/mol. The lowest BCUT2D eigenvalue weighted by Gasteiger charge is -2.14. The van der Waals surface area contributed by atoms with Gasteiger partial charge in [-0.2, -0.15) is 0 Å². The van der Waals surface area contributed by atoms with Gasteiger partial charge in [-0.15, -0.1) is 22.7 Å². The van der Waals surface area contributed by atoms with Crippen molar-refractivity contribution in [1.82, 2.24) is 10.3 Å². The molecule has 98 valence electrons. The van der Waals surface area contributed by atoms with E-state index < -0.39 is 6.10 Å². The first-order valence-electron chi connectivity index (χ1n) is 6.10. The molecule has 0 saturated heterocycles. The van der Waals surface area contributed by atoms with Crippen molar-refractivity contribution in [2.24, 2.45) is 0 Å². The highest BCUT2D eigenvalue weighted by Crippen LogP contribution is 2.22. The minimum absolute atomic E-state index is 0.185. The average Bonchev–Trinajstić information content (AvgIpc) is 3.05. The topological polar surface area (TPSA) is 45.2 Å². The Morgan fingerprint density at radius 2 is 2.33 bits per heavy atom. The Morgan fingerprint density at radius 1 is 1.50 bits per heavy atom. The van der Waals surface area contributed by atoms with Gasteiger partial charge in [-0.25, -0.2) is 4.98 Å². The van der Waals surface area contributed by atoms with Gasteiger partial charge in [-0.3, -0.25) is 0 Å². The van der Waals surface area contributed by atoms with Crippen molar-refractivity contribution in [2.75, 3.05) is 6.54 Å². The molecule has 0 bridgehead atoms. The Kier molecular flexibility index (Phi) is 4.88. The molecule has 2 unspecified atom stereocenters. The van der Waals surface area contributed by atoms with Crippen molar-refractivity contribution in [2.45, 2.75) is 32.4 Å². The van der Waals surface area contributed by atoms with Crippen LogP contribution in [0.4, 0.5) is 0 Å². The average molecular weight is 282 g/mol. The second-order valence-electron chi connectivity index (χ2n) is 4.18. The largest absolute Gasteiger partial charge is 0.386 e. The fraction of sp³-hybridized carbons (Fsp3) is 0.462. The number of nitrogens with one attached hydrogen (secondary N) is 1. The highest BCUT2D eigenvalue weighted by Gasteiger charge is 2.13. The maximum absolute atomic E-state index is 9.99. The molecule has 0 aliphatic rings. The van der Waals surface area contributed by atoms with E-state index in [1.54, 1.807) is 22.7 Å². The van der Waals surface area contributed by atoms with Crippen LogP contribution in [0.25, 0.3) is 0 Å². The smallest absolute Gasteiger partial charge is 0.109 e. The Morgan fingerprint density at radius 3 is 2.94 bits per heavy atom. The molecule has 0 aliphatic carbocycles. The molecule has 2 rings (SSSR count). The van der Waals surface area contributed by atoms with Crippen molar-refractivity contribution in [3.8, 4) is 0 Å². The minimum Gasteiger partial charge on any atom is -0.386 e. The van der Waals surface area contributed by atoms with E-state index in [2.05, 4.69) is 24.1 Å². The highest BCUT2D eigenvalue weighted by atomic mass is 32.1. The van der Waals surface area contributed by atoms with Crippen molar-refractivity contribution in [3.63, 3.8) is 0 Å². The lowest BCUT2D eigenvalue weighted by molar-refractivity contribution is 0.174. The van der Waals surface area contributed by atoms with E-state index in [1.165, 1.54) is 4.88 Å². The summed E-state index contributed by atoms with van der Waals surface area (Å²) in [5, 5.41) is 16.4. The molecule has 0 aliphatic heterocycles. The molecule has 0 fully saturated rings. The molecule has 2 aromatic rings. The first-order chi connectivity index (χ1) is 8.70. The van der Waals surface area contributed by atoms with Gasteiger partial charge in [0.25, 0.3) is 0 Å². The third kappa shape index (κ3) is 3.38. The number of aromatic nitrogens is 1. The summed E-state index contributed by atoms with van der Waals surface area (Å²) in [4.78, 5) is 6.71. The van der Waals surface area contributed by atoms with E-state index in [9.17, 15) is 5.11 Å². The second kappa shape index (κ2) is 6.43. The summed E-state index contributed by atoms with van der Waals surface area (Å²) in [7, 11) is 0. The van der Waals surface area contributed by atoms with Crippen LogP contribution in [0.1, 0.15) is 40.8 Å². The van der Waals surface area contributed by atoms with Gasteiger partial charge in [-0.1, -0.05) is 13.0 Å². The fourth-order valence-electron chi connectivity index (χ4n) is 1.64. The van der Waals surface area contributed by atoms with Crippen LogP contribution in [0.5, 0.6) is 0 Å². The Hall–Kier alpha value is -0.750. The van der Waals surface area contributed by atoms with Gasteiger partial charge in [0.15, 0.2) is 0 Å². The third-order valence-corrected chi connectivity index (χ3v) is 5.08. The van der Waals surface area contributed by atoms with Gasteiger partial charge in [-0.05, 0) is 24.8 Å². The Labute approximate surface area is 116 Å². The van der Waals surface area contributed by atoms with Gasteiger partial charge >= 0.3 is 0 Å². The molecular weight excluding hydrogens is 264 g/mol. The number of aryl methyl sites for hydroxylation is 1. The highest BCUT2D eigenvalue weighted by molar-refractivity contribution is 7.11. The van der Waals surface area contributed by atoms with Gasteiger partial charge in [0.2, 0.25) is 0 Å². The van der Waals surface area contributed by atoms with Crippen LogP contribution in [0.2, 0.25) is 0 Å². The van der Waals surface area contributed by atoms with Crippen molar-refractivity contribution in [3.05, 3.63) is 38.5 Å². The summed E-state index contributed by atoms with van der Waals surface area (Å²) >= 11 is 3.32. The van der Waals surface area contributed by atoms with Crippen LogP contribution >= 0.6 is 22.7 Å². The van der Waals surface area contributed by atoms with Crippen LogP contribution in [0.15, 0.2) is 23.7 Å². The van der Waals surface area contributed by atoms with Gasteiger partial charge in [0.05, 0.1) is 6.04 Å². The van der Waals surface area contributed by atoms with Gasteiger partial charge < -0.3 is 10.4 Å². The van der Waals surface area contributed by atoms with Crippen LogP contribution in [0, 0.1) is 0 Å². The van der Waals surface area contributed by atoms with E-state index in [-0.39, 0.29) is 6.04 Å². The number of hydrogen-bond acceptors (Lipinski definition) is 5. The summed E-state index contributed by atoms with van der Waals surface area (Å²) in [6.45, 7) is 4.78. The Bertz CT molecular complexity index is 467. The molecule has 0 spiro atoms. The van der Waals surface area contributed by atoms with Crippen LogP contribution in [-0.4, -0.2) is 16.6 Å². The summed E-state index contributed by atoms with van der Waals surface area (Å²) in [6, 6.07) is 4.10. The maximum atomic E-state index is 9.99. The SMILES string of the molecule is CCc1cnc(C(C)NCC(O)c2cccs2)s1. The van der Waals surface area contributed by atoms with E-state index in [0.29, 0.717) is 6.54 Å². The summed E-state index contributed by atoms with van der Waals surface area (Å²) in [6.07, 6.45) is 2.54. The molecule has 3 nitrogen and oxygen atoms in total. The van der Waals surface area contributed by atoms with Crippen LogP contribution < -0.4 is 5.32 Å². The van der Waals surface area contributed by atoms with Crippen LogP contribution in [0.3, 0.4) is 0 Å². The number of thiazole rings is 1. The summed E-state index contributed by atoms with van der Waals surface area (Å²) in [5.41, 5.74) is 0. The van der Waals surface area contributed by atoms with Crippen LogP contribution in [-0.2, 0) is 6.42 Å². The van der Waals surface area contributed by atoms with Gasteiger partial charge in [0.1, 0.15) is 11.1 Å². The Balaban J connectivity index is 1.86. The molecule has 0 aromatic carbocycles. The zero-order valence-corrected chi connectivity index (χ0v) is 12.2. The molecule has 2 aromatic heterocycles. The van der Waals surface area contributed by atoms with Crippen molar-refractivity contribution >= 4 is 22.7 Å². The summed E-state index contributed by atoms with van der Waals surface area (Å²) < 4.78 is 0. The quantitative estimate of drug-likeness (QED) is 0.855. The first kappa shape index (κ1) is 13.7. The third-order valence-electron chi connectivity index (χ3n) is 2.78. The lowest BCUT2D eigenvalue weighted by Crippen LogP contribution is -2.24. The minimum atomic E-state index is -0.432. The molecule has 2 heterocycles. The maximum Gasteiger partial charge on any atom is 0.109 e. The molecule has 2 atom stereocenters. The number of thiophene rings is 1. The molecule has 2 N–H and O–H groups in total. The molecule has 0 radical (unpaired) electrons. The molecule has 0 amide bonds. The zero-order chi connectivity index (χ0) is 13.0. The number of hydrogen-bond donors (Lipinski definition) is 2. The lowest BCUT2D eigenvalue weighted by atomic mass is 10.2. The molecule has 18 heavy (non-hydrogen) atoms. The molecule has 5 heteroatoms. The van der Waals surface area contributed by atoms with Crippen molar-refractivity contribution in [1.29, 1.82) is 0 Å². The van der Waals surface area contributed by atoms with E-state index in [0.717, 1.165) is 16.3 Å². The summed E-state index contributed by atoms with van der Waals surface area (Å²) in [5.74, 6) is 0. The standard InChI is InChI=1S/C13H18N2OS2/c1-3-10-7-15-13(18-10)9(2)14-8-11(16)12-5-4-6-17-12/h4-7,9,11,14,16H,3,8H2,1-2H3. The number of rotatable bonds is 6. The zero-order valence-electron chi connectivity index (χ0n) is 10.6. The number of aliphatic hydroxyl groups excluding tert-OH is 1. The molecule has 0 saturated carbocycles.